The van der Waals surface area contributed by atoms with Gasteiger partial charge in [-0.2, -0.15) is 0 Å². The fourth-order valence-corrected chi connectivity index (χ4v) is 7.72. The number of carboxylic acid groups (broad SMARTS) is 1. The van der Waals surface area contributed by atoms with Crippen molar-refractivity contribution in [1.29, 1.82) is 0 Å². The van der Waals surface area contributed by atoms with Crippen LogP contribution in [0.2, 0.25) is 0 Å². The van der Waals surface area contributed by atoms with E-state index in [-0.39, 0.29) is 5.41 Å². The molecule has 33 heavy (non-hydrogen) atoms. The SMILES string of the molecule is Cc1ccc2c(c1)CC(CCCCCCCCCCC(=O)O)C1C2CCC2(C)C(=O)CCC12. The third-order valence-corrected chi connectivity index (χ3v) is 9.48. The second-order valence-electron chi connectivity index (χ2n) is 11.6. The third kappa shape index (κ3) is 5.38. The minimum atomic E-state index is -0.669. The quantitative estimate of drug-likeness (QED) is 0.351. The lowest BCUT2D eigenvalue weighted by Gasteiger charge is -2.52. The molecule has 1 N–H and O–H groups in total. The van der Waals surface area contributed by atoms with Crippen LogP contribution in [0.3, 0.4) is 0 Å². The summed E-state index contributed by atoms with van der Waals surface area (Å²) in [7, 11) is 0. The van der Waals surface area contributed by atoms with Crippen molar-refractivity contribution in [2.75, 3.05) is 0 Å². The molecule has 0 amide bonds. The van der Waals surface area contributed by atoms with Gasteiger partial charge >= 0.3 is 5.97 Å². The zero-order chi connectivity index (χ0) is 23.4. The Bertz CT molecular complexity index is 843. The Labute approximate surface area is 200 Å². The van der Waals surface area contributed by atoms with Crippen LogP contribution in [-0.2, 0) is 16.0 Å². The molecule has 0 spiro atoms. The zero-order valence-electron chi connectivity index (χ0n) is 20.9. The van der Waals surface area contributed by atoms with Gasteiger partial charge in [-0.1, -0.05) is 75.6 Å². The highest BCUT2D eigenvalue weighted by Crippen LogP contribution is 2.61. The van der Waals surface area contributed by atoms with Crippen LogP contribution in [0.1, 0.15) is 119 Å². The number of carboxylic acids is 1. The molecule has 182 valence electrons. The number of hydrogen-bond acceptors (Lipinski definition) is 2. The van der Waals surface area contributed by atoms with Crippen molar-refractivity contribution < 1.29 is 14.7 Å². The number of hydrogen-bond donors (Lipinski definition) is 1. The molecule has 0 aromatic heterocycles. The first-order valence-electron chi connectivity index (χ1n) is 13.7. The van der Waals surface area contributed by atoms with Gasteiger partial charge in [-0.3, -0.25) is 9.59 Å². The number of unbranched alkanes of at least 4 members (excludes halogenated alkanes) is 7. The van der Waals surface area contributed by atoms with E-state index < -0.39 is 5.97 Å². The third-order valence-electron chi connectivity index (χ3n) is 9.48. The maximum atomic E-state index is 12.8. The summed E-state index contributed by atoms with van der Waals surface area (Å²) >= 11 is 0. The Morgan fingerprint density at radius 2 is 1.73 bits per heavy atom. The van der Waals surface area contributed by atoms with E-state index in [1.54, 1.807) is 11.1 Å². The largest absolute Gasteiger partial charge is 0.481 e. The van der Waals surface area contributed by atoms with Crippen molar-refractivity contribution in [3.05, 3.63) is 34.9 Å². The van der Waals surface area contributed by atoms with E-state index in [1.807, 2.05) is 0 Å². The second-order valence-corrected chi connectivity index (χ2v) is 11.6. The molecule has 0 heterocycles. The van der Waals surface area contributed by atoms with Gasteiger partial charge in [-0.15, -0.1) is 0 Å². The van der Waals surface area contributed by atoms with Gasteiger partial charge in [0.2, 0.25) is 0 Å². The predicted molar refractivity (Wildman–Crippen MR) is 133 cm³/mol. The molecule has 2 saturated carbocycles. The summed E-state index contributed by atoms with van der Waals surface area (Å²) in [4.78, 5) is 23.4. The van der Waals surface area contributed by atoms with Crippen LogP contribution in [0, 0.1) is 30.1 Å². The molecular formula is C30H44O3. The Kier molecular flexibility index (Phi) is 7.97. The molecule has 0 radical (unpaired) electrons. The number of Topliss-reactive ketones (excluding diaryl/α,β-unsaturated/α-hetero) is 1. The first kappa shape index (κ1) is 24.5. The number of benzene rings is 1. The fourth-order valence-electron chi connectivity index (χ4n) is 7.72. The molecule has 2 fully saturated rings. The summed E-state index contributed by atoms with van der Waals surface area (Å²) in [6, 6.07) is 7.15. The summed E-state index contributed by atoms with van der Waals surface area (Å²) in [5.74, 6) is 2.55. The maximum absolute atomic E-state index is 12.8. The summed E-state index contributed by atoms with van der Waals surface area (Å²) in [5, 5.41) is 8.72. The standard InChI is InChI=1S/C30H44O3/c1-21-13-14-24-23(19-21)20-22(11-9-7-5-3-4-6-8-10-12-28(32)33)29-25(24)17-18-30(2)26(29)15-16-27(30)31/h13-14,19,22,25-26,29H,3-12,15-18,20H2,1-2H3,(H,32,33). The number of ketones is 1. The molecular weight excluding hydrogens is 408 g/mol. The zero-order valence-corrected chi connectivity index (χ0v) is 20.9. The highest BCUT2D eigenvalue weighted by atomic mass is 16.4. The number of aliphatic carboxylic acids is 1. The van der Waals surface area contributed by atoms with Gasteiger partial charge in [-0.25, -0.2) is 0 Å². The molecule has 1 aromatic rings. The highest BCUT2D eigenvalue weighted by molar-refractivity contribution is 5.87. The van der Waals surface area contributed by atoms with E-state index in [0.29, 0.717) is 30.0 Å². The lowest BCUT2D eigenvalue weighted by Crippen LogP contribution is -2.46. The molecule has 0 bridgehead atoms. The van der Waals surface area contributed by atoms with E-state index in [9.17, 15) is 9.59 Å². The average molecular weight is 453 g/mol. The van der Waals surface area contributed by atoms with Gasteiger partial charge in [-0.05, 0) is 80.2 Å². The van der Waals surface area contributed by atoms with Crippen LogP contribution >= 0.6 is 0 Å². The summed E-state index contributed by atoms with van der Waals surface area (Å²) in [6.45, 7) is 4.51. The van der Waals surface area contributed by atoms with Crippen molar-refractivity contribution in [2.45, 2.75) is 116 Å². The predicted octanol–water partition coefficient (Wildman–Crippen LogP) is 7.63. The summed E-state index contributed by atoms with van der Waals surface area (Å²) in [5.41, 5.74) is 4.52. The molecule has 0 saturated heterocycles. The van der Waals surface area contributed by atoms with Crippen LogP contribution in [0.4, 0.5) is 0 Å². The molecule has 3 heteroatoms. The van der Waals surface area contributed by atoms with Gasteiger partial charge in [0.15, 0.2) is 0 Å². The van der Waals surface area contributed by atoms with E-state index in [2.05, 4.69) is 32.0 Å². The monoisotopic (exact) mass is 452 g/mol. The number of carbonyl (C=O) groups excluding carboxylic acids is 1. The maximum Gasteiger partial charge on any atom is 0.303 e. The van der Waals surface area contributed by atoms with Gasteiger partial charge in [0.1, 0.15) is 5.78 Å². The van der Waals surface area contributed by atoms with E-state index in [0.717, 1.165) is 38.0 Å². The minimum Gasteiger partial charge on any atom is -0.481 e. The van der Waals surface area contributed by atoms with Crippen molar-refractivity contribution in [3.63, 3.8) is 0 Å². The number of carbonyl (C=O) groups is 2. The molecule has 3 nitrogen and oxygen atoms in total. The lowest BCUT2D eigenvalue weighted by atomic mass is 9.52. The molecule has 3 aliphatic carbocycles. The van der Waals surface area contributed by atoms with Crippen LogP contribution < -0.4 is 0 Å². The van der Waals surface area contributed by atoms with Crippen molar-refractivity contribution in [2.24, 2.45) is 23.2 Å². The minimum absolute atomic E-state index is 0.0533. The van der Waals surface area contributed by atoms with E-state index >= 15 is 0 Å². The highest BCUT2D eigenvalue weighted by Gasteiger charge is 2.56. The summed E-state index contributed by atoms with van der Waals surface area (Å²) in [6.07, 6.45) is 16.5. The van der Waals surface area contributed by atoms with Crippen molar-refractivity contribution in [3.8, 4) is 0 Å². The number of aryl methyl sites for hydroxylation is 1. The molecule has 5 unspecified atom stereocenters. The molecule has 5 atom stereocenters. The molecule has 1 aromatic carbocycles. The van der Waals surface area contributed by atoms with Crippen LogP contribution in [0.5, 0.6) is 0 Å². The number of fused-ring (bicyclic) bond motifs is 5. The smallest absolute Gasteiger partial charge is 0.303 e. The van der Waals surface area contributed by atoms with Gasteiger partial charge in [0.25, 0.3) is 0 Å². The van der Waals surface area contributed by atoms with Gasteiger partial charge in [0, 0.05) is 18.3 Å². The molecule has 0 aliphatic heterocycles. The number of rotatable bonds is 11. The summed E-state index contributed by atoms with van der Waals surface area (Å²) < 4.78 is 0. The first-order chi connectivity index (χ1) is 15.9. The fraction of sp³-hybridized carbons (Fsp3) is 0.733. The van der Waals surface area contributed by atoms with Crippen molar-refractivity contribution in [1.82, 2.24) is 0 Å². The Balaban J connectivity index is 1.32. The Hall–Kier alpha value is -1.64. The molecule has 4 rings (SSSR count). The Morgan fingerprint density at radius 1 is 1.03 bits per heavy atom. The normalized spacial score (nSPS) is 30.5. The van der Waals surface area contributed by atoms with Crippen LogP contribution in [0.25, 0.3) is 0 Å². The van der Waals surface area contributed by atoms with Gasteiger partial charge < -0.3 is 5.11 Å². The van der Waals surface area contributed by atoms with E-state index in [1.165, 1.54) is 63.4 Å². The first-order valence-corrected chi connectivity index (χ1v) is 13.7. The van der Waals surface area contributed by atoms with E-state index in [4.69, 9.17) is 5.11 Å². The molecule has 3 aliphatic rings. The lowest BCUT2D eigenvalue weighted by molar-refractivity contribution is -0.137. The second kappa shape index (κ2) is 10.7. The average Bonchev–Trinajstić information content (AvgIpc) is 3.08. The van der Waals surface area contributed by atoms with Gasteiger partial charge in [0.05, 0.1) is 0 Å². The Morgan fingerprint density at radius 3 is 2.45 bits per heavy atom. The topological polar surface area (TPSA) is 54.4 Å². The van der Waals surface area contributed by atoms with Crippen LogP contribution in [-0.4, -0.2) is 16.9 Å². The van der Waals surface area contributed by atoms with Crippen LogP contribution in [0.15, 0.2) is 18.2 Å². The van der Waals surface area contributed by atoms with Crippen molar-refractivity contribution >= 4 is 11.8 Å².